The number of rotatable bonds is 8. The molecule has 1 aromatic carbocycles. The van der Waals surface area contributed by atoms with Gasteiger partial charge in [-0.3, -0.25) is 9.59 Å². The lowest BCUT2D eigenvalue weighted by atomic mass is 10.0. The highest BCUT2D eigenvalue weighted by atomic mass is 35.5. The summed E-state index contributed by atoms with van der Waals surface area (Å²) in [6.07, 6.45) is 0.524. The molecule has 0 saturated heterocycles. The van der Waals surface area contributed by atoms with E-state index in [0.29, 0.717) is 24.6 Å². The number of carbonyl (C=O) groups is 2. The average Bonchev–Trinajstić information content (AvgIpc) is 2.46. The molecule has 2 amide bonds. The second-order valence-corrected chi connectivity index (χ2v) is 6.41. The van der Waals surface area contributed by atoms with Gasteiger partial charge in [0.25, 0.3) is 5.91 Å². The van der Waals surface area contributed by atoms with Crippen LogP contribution in [-0.4, -0.2) is 38.1 Å². The molecule has 1 rings (SSSR count). The summed E-state index contributed by atoms with van der Waals surface area (Å²) in [5.74, 6) is -0.400. The Bertz CT molecular complexity index is 550. The van der Waals surface area contributed by atoms with Crippen molar-refractivity contribution in [2.24, 2.45) is 5.92 Å². The Morgan fingerprint density at radius 3 is 2.52 bits per heavy atom. The Morgan fingerprint density at radius 1 is 1.26 bits per heavy atom. The van der Waals surface area contributed by atoms with E-state index < -0.39 is 11.9 Å². The van der Waals surface area contributed by atoms with Gasteiger partial charge in [-0.05, 0) is 30.5 Å². The van der Waals surface area contributed by atoms with Gasteiger partial charge in [-0.15, -0.1) is 0 Å². The van der Waals surface area contributed by atoms with Crippen molar-refractivity contribution in [2.75, 3.05) is 20.3 Å². The number of carbonyl (C=O) groups excluding carboxylic acids is 2. The van der Waals surface area contributed by atoms with Gasteiger partial charge in [0.05, 0.1) is 17.2 Å². The largest absolute Gasteiger partial charge is 0.383 e. The van der Waals surface area contributed by atoms with Gasteiger partial charge < -0.3 is 15.4 Å². The van der Waals surface area contributed by atoms with Crippen LogP contribution in [0.4, 0.5) is 0 Å². The highest BCUT2D eigenvalue weighted by Crippen LogP contribution is 2.21. The van der Waals surface area contributed by atoms with E-state index in [-0.39, 0.29) is 22.4 Å². The molecule has 0 unspecified atom stereocenters. The van der Waals surface area contributed by atoms with Gasteiger partial charge in [0.2, 0.25) is 5.91 Å². The maximum atomic E-state index is 12.4. The lowest BCUT2D eigenvalue weighted by Gasteiger charge is -2.20. The normalized spacial score (nSPS) is 12.1. The topological polar surface area (TPSA) is 67.4 Å². The molecule has 0 heterocycles. The van der Waals surface area contributed by atoms with Crippen LogP contribution in [0.1, 0.15) is 30.6 Å². The van der Waals surface area contributed by atoms with Gasteiger partial charge >= 0.3 is 0 Å². The van der Waals surface area contributed by atoms with Crippen LogP contribution in [0.25, 0.3) is 0 Å². The van der Waals surface area contributed by atoms with Crippen LogP contribution in [0.15, 0.2) is 18.2 Å². The van der Waals surface area contributed by atoms with E-state index in [9.17, 15) is 9.59 Å². The summed E-state index contributed by atoms with van der Waals surface area (Å²) in [6.45, 7) is 4.77. The molecule has 1 atom stereocenters. The first-order valence-electron chi connectivity index (χ1n) is 7.37. The van der Waals surface area contributed by atoms with E-state index >= 15 is 0 Å². The predicted octanol–water partition coefficient (Wildman–Crippen LogP) is 2.90. The van der Waals surface area contributed by atoms with E-state index in [1.165, 1.54) is 12.1 Å². The zero-order chi connectivity index (χ0) is 17.4. The molecular formula is C16H22Cl2N2O3. The van der Waals surface area contributed by atoms with Crippen molar-refractivity contribution in [3.05, 3.63) is 33.8 Å². The van der Waals surface area contributed by atoms with Crippen LogP contribution in [0.2, 0.25) is 10.0 Å². The predicted molar refractivity (Wildman–Crippen MR) is 92.1 cm³/mol. The second-order valence-electron chi connectivity index (χ2n) is 5.56. The number of amides is 2. The Morgan fingerprint density at radius 2 is 1.96 bits per heavy atom. The van der Waals surface area contributed by atoms with Gasteiger partial charge in [-0.1, -0.05) is 37.0 Å². The first-order chi connectivity index (χ1) is 10.8. The third-order valence-electron chi connectivity index (χ3n) is 3.11. The van der Waals surface area contributed by atoms with Gasteiger partial charge in [-0.25, -0.2) is 0 Å². The molecule has 0 aliphatic carbocycles. The fourth-order valence-corrected chi connectivity index (χ4v) is 2.51. The van der Waals surface area contributed by atoms with Crippen molar-refractivity contribution in [3.8, 4) is 0 Å². The first kappa shape index (κ1) is 19.7. The van der Waals surface area contributed by atoms with Gasteiger partial charge in [-0.2, -0.15) is 0 Å². The fraction of sp³-hybridized carbons (Fsp3) is 0.500. The number of halogens is 2. The van der Waals surface area contributed by atoms with E-state index in [4.69, 9.17) is 27.9 Å². The zero-order valence-electron chi connectivity index (χ0n) is 13.5. The van der Waals surface area contributed by atoms with E-state index in [1.807, 2.05) is 13.8 Å². The van der Waals surface area contributed by atoms with Crippen LogP contribution < -0.4 is 10.6 Å². The number of hydrogen-bond donors (Lipinski definition) is 2. The zero-order valence-corrected chi connectivity index (χ0v) is 15.0. The van der Waals surface area contributed by atoms with E-state index in [1.54, 1.807) is 13.2 Å². The van der Waals surface area contributed by atoms with Gasteiger partial charge in [0.15, 0.2) is 0 Å². The van der Waals surface area contributed by atoms with Crippen LogP contribution in [0.5, 0.6) is 0 Å². The summed E-state index contributed by atoms with van der Waals surface area (Å²) in [5, 5.41) is 6.16. The lowest BCUT2D eigenvalue weighted by Crippen LogP contribution is -2.48. The Balaban J connectivity index is 2.79. The van der Waals surface area contributed by atoms with Crippen molar-refractivity contribution in [1.82, 2.24) is 10.6 Å². The molecule has 0 saturated carbocycles. The molecule has 2 N–H and O–H groups in total. The van der Waals surface area contributed by atoms with Gasteiger partial charge in [0.1, 0.15) is 6.04 Å². The van der Waals surface area contributed by atoms with Crippen molar-refractivity contribution in [3.63, 3.8) is 0 Å². The number of nitrogens with one attached hydrogen (secondary N) is 2. The second kappa shape index (κ2) is 9.75. The maximum Gasteiger partial charge on any atom is 0.253 e. The Hall–Kier alpha value is -1.30. The molecule has 0 spiro atoms. The molecule has 23 heavy (non-hydrogen) atoms. The van der Waals surface area contributed by atoms with Gasteiger partial charge in [0, 0.05) is 18.7 Å². The van der Waals surface area contributed by atoms with E-state index in [2.05, 4.69) is 10.6 Å². The smallest absolute Gasteiger partial charge is 0.253 e. The monoisotopic (exact) mass is 360 g/mol. The summed E-state index contributed by atoms with van der Waals surface area (Å²) in [4.78, 5) is 24.6. The van der Waals surface area contributed by atoms with Crippen LogP contribution in [-0.2, 0) is 9.53 Å². The molecule has 7 heteroatoms. The highest BCUT2D eigenvalue weighted by molar-refractivity contribution is 6.36. The molecule has 128 valence electrons. The Labute approximate surface area is 146 Å². The van der Waals surface area contributed by atoms with Crippen LogP contribution in [0, 0.1) is 5.92 Å². The minimum Gasteiger partial charge on any atom is -0.383 e. The van der Waals surface area contributed by atoms with Crippen LogP contribution in [0.3, 0.4) is 0 Å². The van der Waals surface area contributed by atoms with Crippen molar-refractivity contribution < 1.29 is 14.3 Å². The number of ether oxygens (including phenoxy) is 1. The summed E-state index contributed by atoms with van der Waals surface area (Å²) in [6, 6.07) is 3.98. The molecule has 0 fully saturated rings. The maximum absolute atomic E-state index is 12.4. The van der Waals surface area contributed by atoms with Crippen molar-refractivity contribution in [2.45, 2.75) is 26.3 Å². The Kier molecular flexibility index (Phi) is 8.37. The fourth-order valence-electron chi connectivity index (χ4n) is 2.01. The summed E-state index contributed by atoms with van der Waals surface area (Å²) < 4.78 is 4.90. The van der Waals surface area contributed by atoms with Crippen molar-refractivity contribution >= 4 is 35.0 Å². The third kappa shape index (κ3) is 6.77. The molecule has 0 radical (unpaired) electrons. The third-order valence-corrected chi connectivity index (χ3v) is 3.66. The minimum atomic E-state index is -0.633. The van der Waals surface area contributed by atoms with E-state index in [0.717, 1.165) is 0 Å². The molecule has 0 bridgehead atoms. The summed E-state index contributed by atoms with van der Waals surface area (Å²) >= 11 is 11.9. The summed E-state index contributed by atoms with van der Waals surface area (Å²) in [5.41, 5.74) is 0.287. The van der Waals surface area contributed by atoms with Crippen molar-refractivity contribution in [1.29, 1.82) is 0 Å². The molecule has 0 aliphatic heterocycles. The number of benzene rings is 1. The summed E-state index contributed by atoms with van der Waals surface area (Å²) in [7, 11) is 1.56. The quantitative estimate of drug-likeness (QED) is 0.700. The minimum absolute atomic E-state index is 0.241. The molecular weight excluding hydrogens is 339 g/mol. The molecule has 1 aromatic rings. The lowest BCUT2D eigenvalue weighted by molar-refractivity contribution is -0.123. The molecule has 0 aromatic heterocycles. The average molecular weight is 361 g/mol. The van der Waals surface area contributed by atoms with Crippen LogP contribution >= 0.6 is 23.2 Å². The standard InChI is InChI=1S/C16H22Cl2N2O3/c1-10(2)8-14(16(22)19-6-7-23-3)20-15(21)12-5-4-11(17)9-13(12)18/h4-5,9-10,14H,6-8H2,1-3H3,(H,19,22)(H,20,21)/t14-/m1/s1. The SMILES string of the molecule is COCCNC(=O)[C@@H](CC(C)C)NC(=O)c1ccc(Cl)cc1Cl. The first-order valence-corrected chi connectivity index (χ1v) is 8.13. The molecule has 5 nitrogen and oxygen atoms in total. The number of hydrogen-bond acceptors (Lipinski definition) is 3. The highest BCUT2D eigenvalue weighted by Gasteiger charge is 2.23. The number of methoxy groups -OCH3 is 1. The molecule has 0 aliphatic rings.